The fraction of sp³-hybridized carbons (Fsp3) is 0.174. The average molecular weight is 507 g/mol. The van der Waals surface area contributed by atoms with E-state index < -0.39 is 5.91 Å². The first-order valence-corrected chi connectivity index (χ1v) is 11.2. The topological polar surface area (TPSA) is 98.7 Å². The van der Waals surface area contributed by atoms with E-state index in [-0.39, 0.29) is 28.1 Å². The Kier molecular flexibility index (Phi) is 6.65. The van der Waals surface area contributed by atoms with Gasteiger partial charge in [-0.15, -0.1) is 11.6 Å². The monoisotopic (exact) mass is 505 g/mol. The summed E-state index contributed by atoms with van der Waals surface area (Å²) in [6, 6.07) is 8.10. The number of furan rings is 1. The maximum atomic E-state index is 13.6. The van der Waals surface area contributed by atoms with Gasteiger partial charge in [0.2, 0.25) is 5.91 Å². The van der Waals surface area contributed by atoms with Gasteiger partial charge in [-0.3, -0.25) is 14.6 Å². The van der Waals surface area contributed by atoms with E-state index >= 15 is 0 Å². The number of carbonyl (C=O) groups is 2. The van der Waals surface area contributed by atoms with E-state index in [4.69, 9.17) is 49.7 Å². The Morgan fingerprint density at radius 2 is 1.88 bits per heavy atom. The van der Waals surface area contributed by atoms with Gasteiger partial charge in [-0.1, -0.05) is 23.2 Å². The van der Waals surface area contributed by atoms with Gasteiger partial charge in [0, 0.05) is 41.2 Å². The fourth-order valence-corrected chi connectivity index (χ4v) is 4.39. The zero-order valence-corrected chi connectivity index (χ0v) is 19.7. The number of rotatable bonds is 7. The van der Waals surface area contributed by atoms with Crippen molar-refractivity contribution in [2.75, 3.05) is 24.4 Å². The summed E-state index contributed by atoms with van der Waals surface area (Å²) in [4.78, 5) is 31.1. The third-order valence-corrected chi connectivity index (χ3v) is 5.99. The summed E-state index contributed by atoms with van der Waals surface area (Å²) in [6.07, 6.45) is 3.35. The molecule has 0 aliphatic rings. The number of nitrogens with zero attached hydrogens (tertiary/aromatic N) is 2. The number of carbonyl (C=O) groups excluding carboxylic acids is 2. The summed E-state index contributed by atoms with van der Waals surface area (Å²) >= 11 is 18.5. The van der Waals surface area contributed by atoms with Crippen LogP contribution in [-0.2, 0) is 0 Å². The van der Waals surface area contributed by atoms with Crippen LogP contribution in [0.2, 0.25) is 10.0 Å². The van der Waals surface area contributed by atoms with Gasteiger partial charge in [-0.2, -0.15) is 0 Å². The number of fused-ring (bicyclic) bond motifs is 3. The van der Waals surface area contributed by atoms with Gasteiger partial charge >= 0.3 is 0 Å². The molecule has 2 aromatic carbocycles. The first kappa shape index (κ1) is 23.2. The molecule has 2 aromatic heterocycles. The van der Waals surface area contributed by atoms with Crippen molar-refractivity contribution in [3.8, 4) is 5.75 Å². The Bertz CT molecular complexity index is 1370. The Balaban J connectivity index is 1.90. The van der Waals surface area contributed by atoms with Crippen molar-refractivity contribution < 1.29 is 18.7 Å². The molecule has 10 heteroatoms. The normalized spacial score (nSPS) is 11.2. The van der Waals surface area contributed by atoms with Crippen molar-refractivity contribution >= 4 is 74.2 Å². The Morgan fingerprint density at radius 1 is 1.15 bits per heavy atom. The van der Waals surface area contributed by atoms with Gasteiger partial charge in [0.1, 0.15) is 5.58 Å². The SMILES string of the molecule is COc1ccc(C(N)=O)c2c1oc1ccc(C(=O)N(CCCCl)c3c(Cl)cncc3Cl)cc12. The highest BCUT2D eigenvalue weighted by Gasteiger charge is 2.25. The van der Waals surface area contributed by atoms with E-state index in [2.05, 4.69) is 4.98 Å². The first-order valence-electron chi connectivity index (χ1n) is 9.87. The van der Waals surface area contributed by atoms with Crippen molar-refractivity contribution in [3.05, 3.63) is 63.9 Å². The van der Waals surface area contributed by atoms with E-state index in [1.807, 2.05) is 0 Å². The van der Waals surface area contributed by atoms with E-state index in [1.54, 1.807) is 30.3 Å². The zero-order valence-electron chi connectivity index (χ0n) is 17.4. The summed E-state index contributed by atoms with van der Waals surface area (Å²) in [5.74, 6) is -0.189. The number of primary amides is 1. The second kappa shape index (κ2) is 9.47. The number of alkyl halides is 1. The van der Waals surface area contributed by atoms with Crippen molar-refractivity contribution in [2.24, 2.45) is 5.73 Å². The number of aromatic nitrogens is 1. The lowest BCUT2D eigenvalue weighted by Gasteiger charge is -2.24. The number of hydrogen-bond donors (Lipinski definition) is 1. The Hall–Kier alpha value is -3.00. The summed E-state index contributed by atoms with van der Waals surface area (Å²) in [5, 5.41) is 1.49. The summed E-state index contributed by atoms with van der Waals surface area (Å²) in [6.45, 7) is 0.288. The highest BCUT2D eigenvalue weighted by atomic mass is 35.5. The number of nitrogens with two attached hydrogens (primary N) is 1. The van der Waals surface area contributed by atoms with Crippen molar-refractivity contribution in [1.82, 2.24) is 4.98 Å². The molecule has 0 radical (unpaired) electrons. The number of anilines is 1. The minimum Gasteiger partial charge on any atom is -0.493 e. The van der Waals surface area contributed by atoms with E-state index in [1.165, 1.54) is 24.4 Å². The highest BCUT2D eigenvalue weighted by Crippen LogP contribution is 2.38. The van der Waals surface area contributed by atoms with Gasteiger partial charge in [0.25, 0.3) is 5.91 Å². The molecule has 2 heterocycles. The molecule has 2 N–H and O–H groups in total. The van der Waals surface area contributed by atoms with Crippen LogP contribution in [0.15, 0.2) is 47.1 Å². The first-order chi connectivity index (χ1) is 15.9. The van der Waals surface area contributed by atoms with E-state index in [0.717, 1.165) is 0 Å². The van der Waals surface area contributed by atoms with E-state index in [0.29, 0.717) is 51.2 Å². The molecule has 2 amide bonds. The quantitative estimate of drug-likeness (QED) is 0.326. The van der Waals surface area contributed by atoms with E-state index in [9.17, 15) is 9.59 Å². The molecule has 4 rings (SSSR count). The standard InChI is InChI=1S/C23H18Cl3N3O4/c1-32-18-6-4-13(22(27)30)19-14-9-12(3-5-17(14)33-21(18)19)23(31)29(8-2-7-24)20-15(25)10-28-11-16(20)26/h3-6,9-11H,2,7-8H2,1H3,(H2,27,30). The lowest BCUT2D eigenvalue weighted by atomic mass is 10.0. The minimum atomic E-state index is -0.624. The molecule has 0 bridgehead atoms. The van der Waals surface area contributed by atoms with Crippen LogP contribution in [0.1, 0.15) is 27.1 Å². The van der Waals surface area contributed by atoms with Crippen LogP contribution >= 0.6 is 34.8 Å². The Morgan fingerprint density at radius 3 is 2.52 bits per heavy atom. The van der Waals surface area contributed by atoms with Crippen LogP contribution in [0.5, 0.6) is 5.75 Å². The fourth-order valence-electron chi connectivity index (χ4n) is 3.71. The van der Waals surface area contributed by atoms with Crippen LogP contribution in [0.3, 0.4) is 0 Å². The molecule has 0 saturated carbocycles. The van der Waals surface area contributed by atoms with Crippen LogP contribution < -0.4 is 15.4 Å². The smallest absolute Gasteiger partial charge is 0.258 e. The number of halogens is 3. The molecule has 0 fully saturated rings. The Labute approximate surface area is 204 Å². The second-order valence-electron chi connectivity index (χ2n) is 7.15. The van der Waals surface area contributed by atoms with Gasteiger partial charge < -0.3 is 19.8 Å². The van der Waals surface area contributed by atoms with Crippen LogP contribution in [0.4, 0.5) is 5.69 Å². The lowest BCUT2D eigenvalue weighted by Crippen LogP contribution is -2.32. The predicted octanol–water partition coefficient (Wildman–Crippen LogP) is 5.67. The summed E-state index contributed by atoms with van der Waals surface area (Å²) in [7, 11) is 1.50. The van der Waals surface area contributed by atoms with Crippen LogP contribution in [0.25, 0.3) is 21.9 Å². The van der Waals surface area contributed by atoms with Crippen molar-refractivity contribution in [1.29, 1.82) is 0 Å². The maximum Gasteiger partial charge on any atom is 0.258 e. The second-order valence-corrected chi connectivity index (χ2v) is 8.34. The number of amides is 2. The number of ether oxygens (including phenoxy) is 1. The largest absolute Gasteiger partial charge is 0.493 e. The molecule has 4 aromatic rings. The average Bonchev–Trinajstić information content (AvgIpc) is 3.18. The van der Waals surface area contributed by atoms with Gasteiger partial charge in [-0.25, -0.2) is 0 Å². The van der Waals surface area contributed by atoms with Gasteiger partial charge in [0.15, 0.2) is 11.3 Å². The predicted molar refractivity (Wildman–Crippen MR) is 130 cm³/mol. The van der Waals surface area contributed by atoms with Crippen molar-refractivity contribution in [2.45, 2.75) is 6.42 Å². The molecule has 170 valence electrons. The molecule has 0 spiro atoms. The van der Waals surface area contributed by atoms with Crippen LogP contribution in [0, 0.1) is 0 Å². The number of pyridine rings is 1. The molecule has 0 atom stereocenters. The highest BCUT2D eigenvalue weighted by molar-refractivity contribution is 6.40. The molecule has 0 aliphatic carbocycles. The van der Waals surface area contributed by atoms with Crippen molar-refractivity contribution in [3.63, 3.8) is 0 Å². The summed E-state index contributed by atoms with van der Waals surface area (Å²) < 4.78 is 11.3. The third-order valence-electron chi connectivity index (χ3n) is 5.17. The third kappa shape index (κ3) is 4.19. The van der Waals surface area contributed by atoms with Gasteiger partial charge in [0.05, 0.1) is 28.4 Å². The van der Waals surface area contributed by atoms with Gasteiger partial charge in [-0.05, 0) is 36.8 Å². The molecule has 0 unspecified atom stereocenters. The summed E-state index contributed by atoms with van der Waals surface area (Å²) in [5.41, 5.74) is 7.37. The van der Waals surface area contributed by atoms with Crippen LogP contribution in [-0.4, -0.2) is 36.3 Å². The zero-order chi connectivity index (χ0) is 23.7. The molecule has 0 saturated heterocycles. The number of methoxy groups -OCH3 is 1. The molecular formula is C23H18Cl3N3O4. The number of benzene rings is 2. The molecule has 7 nitrogen and oxygen atoms in total. The lowest BCUT2D eigenvalue weighted by molar-refractivity contribution is 0.0983. The number of hydrogen-bond acceptors (Lipinski definition) is 5. The maximum absolute atomic E-state index is 13.6. The molecular weight excluding hydrogens is 489 g/mol. The minimum absolute atomic E-state index is 0.237. The molecule has 0 aliphatic heterocycles. The molecule has 33 heavy (non-hydrogen) atoms.